The number of rotatable bonds is 3. The summed E-state index contributed by atoms with van der Waals surface area (Å²) in [4.78, 5) is 2.26. The molecule has 22 heavy (non-hydrogen) atoms. The summed E-state index contributed by atoms with van der Waals surface area (Å²) in [5.41, 5.74) is 1.21. The zero-order valence-corrected chi connectivity index (χ0v) is 13.1. The van der Waals surface area contributed by atoms with E-state index in [4.69, 9.17) is 0 Å². The Labute approximate surface area is 134 Å². The third kappa shape index (κ3) is 3.45. The van der Waals surface area contributed by atoms with Crippen LogP contribution < -0.4 is 5.32 Å². The fraction of sp³-hybridized carbons (Fsp3) is 0.400. The number of piperazine rings is 1. The van der Waals surface area contributed by atoms with Crippen LogP contribution in [-0.4, -0.2) is 40.8 Å². The molecule has 0 bridgehead atoms. The Hall–Kier alpha value is -1.50. The number of benzene rings is 1. The maximum absolute atomic E-state index is 13.9. The van der Waals surface area contributed by atoms with Gasteiger partial charge < -0.3 is 5.32 Å². The monoisotopic (exact) mass is 328 g/mol. The predicted octanol–water partition coefficient (Wildman–Crippen LogP) is 2.57. The quantitative estimate of drug-likeness (QED) is 0.910. The Morgan fingerprint density at radius 2 is 2.05 bits per heavy atom. The Kier molecular flexibility index (Phi) is 5.50. The number of H-pyrrole nitrogens is 1. The molecule has 2 aromatic rings. The first kappa shape index (κ1) is 16.9. The van der Waals surface area contributed by atoms with Crippen molar-refractivity contribution in [3.8, 4) is 11.3 Å². The molecule has 120 valence electrons. The lowest BCUT2D eigenvalue weighted by Crippen LogP contribution is -2.48. The van der Waals surface area contributed by atoms with Crippen molar-refractivity contribution in [3.05, 3.63) is 41.6 Å². The van der Waals surface area contributed by atoms with Crippen LogP contribution in [0.15, 0.2) is 24.4 Å². The first-order chi connectivity index (χ1) is 10.1. The topological polar surface area (TPSA) is 44.0 Å². The zero-order valence-electron chi connectivity index (χ0n) is 12.3. The SMILES string of the molecule is C[C@@H]1CN(Cc2cn[nH]c2-c2c(F)cccc2F)CCN1.Cl. The summed E-state index contributed by atoms with van der Waals surface area (Å²) in [5, 5.41) is 10.1. The summed E-state index contributed by atoms with van der Waals surface area (Å²) in [6.45, 7) is 5.49. The average Bonchev–Trinajstić information content (AvgIpc) is 2.87. The van der Waals surface area contributed by atoms with Gasteiger partial charge in [-0.3, -0.25) is 10.00 Å². The molecule has 2 N–H and O–H groups in total. The van der Waals surface area contributed by atoms with E-state index >= 15 is 0 Å². The van der Waals surface area contributed by atoms with Crippen LogP contribution in [0.25, 0.3) is 11.3 Å². The van der Waals surface area contributed by atoms with Crippen LogP contribution in [0, 0.1) is 11.6 Å². The highest BCUT2D eigenvalue weighted by molar-refractivity contribution is 5.85. The highest BCUT2D eigenvalue weighted by Crippen LogP contribution is 2.27. The van der Waals surface area contributed by atoms with Gasteiger partial charge in [0.05, 0.1) is 17.5 Å². The first-order valence-corrected chi connectivity index (χ1v) is 7.07. The predicted molar refractivity (Wildman–Crippen MR) is 83.9 cm³/mol. The second kappa shape index (κ2) is 7.17. The molecule has 0 amide bonds. The molecule has 0 aliphatic carbocycles. The standard InChI is InChI=1S/C15H18F2N4.ClH/c1-10-8-21(6-5-18-10)9-11-7-19-20-15(11)14-12(16)3-2-4-13(14)17;/h2-4,7,10,18H,5-6,8-9H2,1H3,(H,19,20);1H/t10-;/m1./s1. The number of nitrogens with one attached hydrogen (secondary N) is 2. The van der Waals surface area contributed by atoms with Crippen LogP contribution in [0.3, 0.4) is 0 Å². The van der Waals surface area contributed by atoms with E-state index in [9.17, 15) is 8.78 Å². The third-order valence-electron chi connectivity index (χ3n) is 3.78. The van der Waals surface area contributed by atoms with Gasteiger partial charge >= 0.3 is 0 Å². The smallest absolute Gasteiger partial charge is 0.135 e. The van der Waals surface area contributed by atoms with Gasteiger partial charge in [0, 0.05) is 37.8 Å². The second-order valence-corrected chi connectivity index (χ2v) is 5.46. The first-order valence-electron chi connectivity index (χ1n) is 7.07. The molecule has 1 atom stereocenters. The molecule has 1 aromatic heterocycles. The molecular formula is C15H19ClF2N4. The number of aromatic amines is 1. The van der Waals surface area contributed by atoms with E-state index in [1.54, 1.807) is 6.20 Å². The van der Waals surface area contributed by atoms with Gasteiger partial charge in [0.25, 0.3) is 0 Å². The van der Waals surface area contributed by atoms with E-state index < -0.39 is 11.6 Å². The molecule has 1 fully saturated rings. The lowest BCUT2D eigenvalue weighted by atomic mass is 10.1. The number of nitrogens with zero attached hydrogens (tertiary/aromatic N) is 2. The number of aromatic nitrogens is 2. The van der Waals surface area contributed by atoms with E-state index in [2.05, 4.69) is 27.3 Å². The maximum Gasteiger partial charge on any atom is 0.135 e. The molecule has 1 aliphatic heterocycles. The zero-order chi connectivity index (χ0) is 14.8. The van der Waals surface area contributed by atoms with Crippen molar-refractivity contribution in [2.75, 3.05) is 19.6 Å². The van der Waals surface area contributed by atoms with E-state index in [0.29, 0.717) is 18.3 Å². The van der Waals surface area contributed by atoms with Gasteiger partial charge in [-0.15, -0.1) is 12.4 Å². The van der Waals surface area contributed by atoms with Gasteiger partial charge in [-0.05, 0) is 19.1 Å². The van der Waals surface area contributed by atoms with E-state index in [1.807, 2.05) is 0 Å². The van der Waals surface area contributed by atoms with Crippen molar-refractivity contribution in [2.45, 2.75) is 19.5 Å². The molecule has 4 nitrogen and oxygen atoms in total. The Balaban J connectivity index is 0.00000176. The van der Waals surface area contributed by atoms with Crippen LogP contribution in [0.2, 0.25) is 0 Å². The molecule has 0 unspecified atom stereocenters. The minimum atomic E-state index is -0.575. The van der Waals surface area contributed by atoms with Crippen molar-refractivity contribution in [2.24, 2.45) is 0 Å². The van der Waals surface area contributed by atoms with E-state index in [0.717, 1.165) is 25.2 Å². The highest BCUT2D eigenvalue weighted by Gasteiger charge is 2.20. The van der Waals surface area contributed by atoms with E-state index in [-0.39, 0.29) is 18.0 Å². The molecule has 0 saturated carbocycles. The van der Waals surface area contributed by atoms with Gasteiger partial charge in [0.2, 0.25) is 0 Å². The van der Waals surface area contributed by atoms with Crippen LogP contribution >= 0.6 is 12.4 Å². The van der Waals surface area contributed by atoms with Crippen LogP contribution in [0.5, 0.6) is 0 Å². The van der Waals surface area contributed by atoms with Gasteiger partial charge in [-0.25, -0.2) is 8.78 Å². The number of halogens is 3. The molecule has 0 spiro atoms. The number of hydrogen-bond acceptors (Lipinski definition) is 3. The molecule has 1 aromatic carbocycles. The molecular weight excluding hydrogens is 310 g/mol. The average molecular weight is 329 g/mol. The minimum Gasteiger partial charge on any atom is -0.312 e. The Morgan fingerprint density at radius 3 is 2.73 bits per heavy atom. The lowest BCUT2D eigenvalue weighted by molar-refractivity contribution is 0.200. The maximum atomic E-state index is 13.9. The summed E-state index contributed by atoms with van der Waals surface area (Å²) in [7, 11) is 0. The fourth-order valence-electron chi connectivity index (χ4n) is 2.78. The Morgan fingerprint density at radius 1 is 1.32 bits per heavy atom. The van der Waals surface area contributed by atoms with Crippen LogP contribution in [-0.2, 0) is 6.54 Å². The van der Waals surface area contributed by atoms with Gasteiger partial charge in [-0.1, -0.05) is 6.07 Å². The van der Waals surface area contributed by atoms with Crippen molar-refractivity contribution < 1.29 is 8.78 Å². The Bertz CT molecular complexity index is 612. The van der Waals surface area contributed by atoms with Gasteiger partial charge in [0.1, 0.15) is 11.6 Å². The second-order valence-electron chi connectivity index (χ2n) is 5.46. The summed E-state index contributed by atoms with van der Waals surface area (Å²) in [5.74, 6) is -1.15. The summed E-state index contributed by atoms with van der Waals surface area (Å²) in [6, 6.07) is 4.30. The third-order valence-corrected chi connectivity index (χ3v) is 3.78. The van der Waals surface area contributed by atoms with Gasteiger partial charge in [-0.2, -0.15) is 5.10 Å². The molecule has 7 heteroatoms. The van der Waals surface area contributed by atoms with Gasteiger partial charge in [0.15, 0.2) is 0 Å². The van der Waals surface area contributed by atoms with Crippen molar-refractivity contribution in [1.29, 1.82) is 0 Å². The normalized spacial score (nSPS) is 19.0. The molecule has 1 aliphatic rings. The lowest BCUT2D eigenvalue weighted by Gasteiger charge is -2.31. The molecule has 3 rings (SSSR count). The van der Waals surface area contributed by atoms with Crippen molar-refractivity contribution in [3.63, 3.8) is 0 Å². The fourth-order valence-corrected chi connectivity index (χ4v) is 2.78. The largest absolute Gasteiger partial charge is 0.312 e. The summed E-state index contributed by atoms with van der Waals surface area (Å²) >= 11 is 0. The highest BCUT2D eigenvalue weighted by atomic mass is 35.5. The summed E-state index contributed by atoms with van der Waals surface area (Å²) in [6.07, 6.45) is 1.65. The van der Waals surface area contributed by atoms with Crippen LogP contribution in [0.1, 0.15) is 12.5 Å². The number of hydrogen-bond donors (Lipinski definition) is 2. The minimum absolute atomic E-state index is 0. The van der Waals surface area contributed by atoms with Crippen LogP contribution in [0.4, 0.5) is 8.78 Å². The molecule has 2 heterocycles. The van der Waals surface area contributed by atoms with Crippen molar-refractivity contribution >= 4 is 12.4 Å². The summed E-state index contributed by atoms with van der Waals surface area (Å²) < 4.78 is 27.8. The van der Waals surface area contributed by atoms with Crippen molar-refractivity contribution in [1.82, 2.24) is 20.4 Å². The molecule has 1 saturated heterocycles. The van der Waals surface area contributed by atoms with E-state index in [1.165, 1.54) is 18.2 Å². The molecule has 0 radical (unpaired) electrons.